The molecule has 3 rings (SSSR count). The monoisotopic (exact) mass is 642 g/mol. The predicted octanol–water partition coefficient (Wildman–Crippen LogP) is -0.319. The molecule has 16 nitrogen and oxygen atoms in total. The molecule has 0 aliphatic carbocycles. The largest absolute Gasteiger partial charge is 0.463 e. The van der Waals surface area contributed by atoms with Crippen molar-refractivity contribution in [3.05, 3.63) is 35.9 Å². The van der Waals surface area contributed by atoms with E-state index >= 15 is 0 Å². The first kappa shape index (κ1) is 35.8. The van der Waals surface area contributed by atoms with Crippen LogP contribution in [0.2, 0.25) is 0 Å². The maximum atomic E-state index is 12.1. The molecule has 2 fully saturated rings. The quantitative estimate of drug-likeness (QED) is 0.221. The van der Waals surface area contributed by atoms with Gasteiger partial charge in [0, 0.05) is 34.6 Å². The zero-order valence-electron chi connectivity index (χ0n) is 25.4. The number of benzene rings is 1. The Morgan fingerprint density at radius 3 is 1.78 bits per heavy atom. The minimum Gasteiger partial charge on any atom is -0.463 e. The third kappa shape index (κ3) is 10.4. The summed E-state index contributed by atoms with van der Waals surface area (Å²) >= 11 is 0. The molecule has 2 aliphatic rings. The molecule has 0 aromatic heterocycles. The van der Waals surface area contributed by atoms with Gasteiger partial charge >= 0.3 is 29.8 Å². The fourth-order valence-electron chi connectivity index (χ4n) is 4.84. The second-order valence-corrected chi connectivity index (χ2v) is 10.3. The summed E-state index contributed by atoms with van der Waals surface area (Å²) in [5, 5.41) is 21.8. The van der Waals surface area contributed by atoms with Crippen molar-refractivity contribution in [3.8, 4) is 0 Å². The van der Waals surface area contributed by atoms with Gasteiger partial charge in [-0.1, -0.05) is 30.3 Å². The number of carbonyl (C=O) groups excluding carboxylic acids is 5. The molecule has 45 heavy (non-hydrogen) atoms. The molecule has 16 heteroatoms. The van der Waals surface area contributed by atoms with Gasteiger partial charge in [-0.15, -0.1) is 0 Å². The highest BCUT2D eigenvalue weighted by atomic mass is 16.8. The van der Waals surface area contributed by atoms with Crippen LogP contribution >= 0.6 is 0 Å². The van der Waals surface area contributed by atoms with Crippen LogP contribution in [0.25, 0.3) is 0 Å². The number of hydrogen-bond acceptors (Lipinski definition) is 16. The van der Waals surface area contributed by atoms with Crippen molar-refractivity contribution in [2.24, 2.45) is 0 Å². The summed E-state index contributed by atoms with van der Waals surface area (Å²) in [5.41, 5.74) is 0.817. The highest BCUT2D eigenvalue weighted by Gasteiger charge is 2.56. The highest BCUT2D eigenvalue weighted by molar-refractivity contribution is 5.68. The Hall–Kier alpha value is -3.67. The molecule has 0 amide bonds. The van der Waals surface area contributed by atoms with Gasteiger partial charge in [-0.3, -0.25) is 24.0 Å². The van der Waals surface area contributed by atoms with Crippen molar-refractivity contribution in [2.45, 2.75) is 103 Å². The van der Waals surface area contributed by atoms with E-state index in [2.05, 4.69) is 0 Å². The molecule has 0 radical (unpaired) electrons. The molecular formula is C29H38O16. The minimum atomic E-state index is -1.86. The molecule has 0 unspecified atom stereocenters. The van der Waals surface area contributed by atoms with Gasteiger partial charge in [0.05, 0.1) is 13.2 Å². The van der Waals surface area contributed by atoms with Crippen molar-refractivity contribution in [1.29, 1.82) is 0 Å². The zero-order valence-corrected chi connectivity index (χ0v) is 25.4. The van der Waals surface area contributed by atoms with Crippen LogP contribution in [0.5, 0.6) is 0 Å². The van der Waals surface area contributed by atoms with Crippen LogP contribution < -0.4 is 0 Å². The third-order valence-corrected chi connectivity index (χ3v) is 6.57. The summed E-state index contributed by atoms with van der Waals surface area (Å²) < 4.78 is 49.8. The lowest BCUT2D eigenvalue weighted by molar-refractivity contribution is -0.357. The molecule has 250 valence electrons. The standard InChI is InChI=1S/C29H38O16/c1-14(30)38-13-21-23(25(40-16(3)32)26(28(36)43-21)41-17(4)33)45-29-27(42-18(5)34)24(39-15(2)31)22(35)20(44-29)12-37-11-19-9-7-6-8-10-19/h6-10,20-29,35-36H,11-13H2,1-5H3/t20-,21-,22-,23-,24+,25+,26-,27-,28-,29-/m1/s1. The predicted molar refractivity (Wildman–Crippen MR) is 145 cm³/mol. The Bertz CT molecular complexity index is 1170. The summed E-state index contributed by atoms with van der Waals surface area (Å²) in [7, 11) is 0. The molecule has 0 bridgehead atoms. The molecule has 2 aliphatic heterocycles. The van der Waals surface area contributed by atoms with Gasteiger partial charge in [-0.2, -0.15) is 0 Å². The van der Waals surface area contributed by atoms with E-state index in [0.29, 0.717) is 0 Å². The topological polar surface area (TPSA) is 209 Å². The number of ether oxygens (including phenoxy) is 9. The van der Waals surface area contributed by atoms with E-state index in [1.807, 2.05) is 30.3 Å². The van der Waals surface area contributed by atoms with Gasteiger partial charge in [0.15, 0.2) is 37.0 Å². The smallest absolute Gasteiger partial charge is 0.303 e. The molecule has 0 saturated carbocycles. The number of carbonyl (C=O) groups is 5. The number of aliphatic hydroxyl groups is 2. The second kappa shape index (κ2) is 16.6. The molecule has 10 atom stereocenters. The minimum absolute atomic E-state index is 0.127. The fourth-order valence-corrected chi connectivity index (χ4v) is 4.84. The number of esters is 5. The first-order valence-corrected chi connectivity index (χ1v) is 14.0. The Morgan fingerprint density at radius 1 is 0.644 bits per heavy atom. The Morgan fingerprint density at radius 2 is 1.20 bits per heavy atom. The Kier molecular flexibility index (Phi) is 13.2. The van der Waals surface area contributed by atoms with Crippen LogP contribution in [0.4, 0.5) is 0 Å². The van der Waals surface area contributed by atoms with E-state index in [0.717, 1.165) is 40.2 Å². The van der Waals surface area contributed by atoms with E-state index < -0.39 is 97.9 Å². The van der Waals surface area contributed by atoms with Gasteiger partial charge in [0.2, 0.25) is 0 Å². The third-order valence-electron chi connectivity index (χ3n) is 6.57. The lowest BCUT2D eigenvalue weighted by Crippen LogP contribution is -2.66. The summed E-state index contributed by atoms with van der Waals surface area (Å²) in [6.07, 6.45) is -15.6. The molecule has 1 aromatic carbocycles. The van der Waals surface area contributed by atoms with E-state index in [1.165, 1.54) is 0 Å². The molecule has 1 aromatic rings. The van der Waals surface area contributed by atoms with Crippen LogP contribution in [0.15, 0.2) is 30.3 Å². The van der Waals surface area contributed by atoms with Crippen LogP contribution in [0, 0.1) is 0 Å². The van der Waals surface area contributed by atoms with E-state index in [1.54, 1.807) is 0 Å². The van der Waals surface area contributed by atoms with Gasteiger partial charge in [0.25, 0.3) is 0 Å². The molecule has 2 saturated heterocycles. The van der Waals surface area contributed by atoms with Gasteiger partial charge in [-0.25, -0.2) is 0 Å². The van der Waals surface area contributed by atoms with Gasteiger partial charge < -0.3 is 52.8 Å². The number of hydrogen-bond donors (Lipinski definition) is 2. The summed E-state index contributed by atoms with van der Waals surface area (Å²) in [6.45, 7) is 4.70. The van der Waals surface area contributed by atoms with Crippen molar-refractivity contribution in [1.82, 2.24) is 0 Å². The normalized spacial score (nSPS) is 31.3. The zero-order chi connectivity index (χ0) is 33.3. The highest BCUT2D eigenvalue weighted by Crippen LogP contribution is 2.34. The van der Waals surface area contributed by atoms with Crippen molar-refractivity contribution >= 4 is 29.8 Å². The van der Waals surface area contributed by atoms with E-state index in [4.69, 9.17) is 42.6 Å². The lowest BCUT2D eigenvalue weighted by Gasteiger charge is -2.47. The van der Waals surface area contributed by atoms with E-state index in [-0.39, 0.29) is 13.2 Å². The summed E-state index contributed by atoms with van der Waals surface area (Å²) in [4.78, 5) is 59.8. The van der Waals surface area contributed by atoms with Gasteiger partial charge in [0.1, 0.15) is 31.0 Å². The molecule has 0 spiro atoms. The van der Waals surface area contributed by atoms with Gasteiger partial charge in [-0.05, 0) is 5.56 Å². The van der Waals surface area contributed by atoms with Crippen molar-refractivity contribution in [2.75, 3.05) is 13.2 Å². The van der Waals surface area contributed by atoms with Crippen molar-refractivity contribution in [3.63, 3.8) is 0 Å². The maximum Gasteiger partial charge on any atom is 0.303 e. The first-order chi connectivity index (χ1) is 21.3. The molecular weight excluding hydrogens is 604 g/mol. The molecule has 2 heterocycles. The van der Waals surface area contributed by atoms with Crippen molar-refractivity contribution < 1.29 is 76.8 Å². The summed E-state index contributed by atoms with van der Waals surface area (Å²) in [6, 6.07) is 9.09. The first-order valence-electron chi connectivity index (χ1n) is 14.0. The fraction of sp³-hybridized carbons (Fsp3) is 0.621. The SMILES string of the molecule is CC(=O)OC[C@H]1O[C@@H](O)[C@H](OC(C)=O)[C@@H](OC(C)=O)[C@@H]1O[C@H]1O[C@H](COCc2ccccc2)[C@@H](O)[C@H](OC(C)=O)[C@H]1OC(C)=O. The second-order valence-electron chi connectivity index (χ2n) is 10.3. The average Bonchev–Trinajstić information content (AvgIpc) is 2.94. The maximum absolute atomic E-state index is 12.1. The van der Waals surface area contributed by atoms with Crippen LogP contribution in [-0.4, -0.2) is 115 Å². The van der Waals surface area contributed by atoms with Crippen LogP contribution in [0.1, 0.15) is 40.2 Å². The van der Waals surface area contributed by atoms with Crippen LogP contribution in [0.3, 0.4) is 0 Å². The Labute approximate surface area is 258 Å². The lowest BCUT2D eigenvalue weighted by atomic mass is 9.96. The Balaban J connectivity index is 1.99. The average molecular weight is 643 g/mol. The summed E-state index contributed by atoms with van der Waals surface area (Å²) in [5.74, 6) is -4.14. The number of aliphatic hydroxyl groups excluding tert-OH is 2. The van der Waals surface area contributed by atoms with E-state index in [9.17, 15) is 34.2 Å². The van der Waals surface area contributed by atoms with Crippen LogP contribution in [-0.2, 0) is 73.2 Å². The number of rotatable bonds is 12. The molecule has 2 N–H and O–H groups in total.